The monoisotopic (exact) mass is 433 g/mol. The van der Waals surface area contributed by atoms with E-state index in [1.165, 1.54) is 12.1 Å². The first kappa shape index (κ1) is 21.7. The fourth-order valence-electron chi connectivity index (χ4n) is 3.84. The van der Waals surface area contributed by atoms with E-state index in [0.717, 1.165) is 12.6 Å². The van der Waals surface area contributed by atoms with Crippen LogP contribution in [0.5, 0.6) is 0 Å². The van der Waals surface area contributed by atoms with E-state index in [-0.39, 0.29) is 23.5 Å². The Hall–Kier alpha value is -2.52. The van der Waals surface area contributed by atoms with Gasteiger partial charge in [0.25, 0.3) is 0 Å². The van der Waals surface area contributed by atoms with Gasteiger partial charge in [0, 0.05) is 24.9 Å². The molecule has 3 heterocycles. The smallest absolute Gasteiger partial charge is 0.392 e. The fraction of sp³-hybridized carbons (Fsp3) is 0.500. The Bertz CT molecular complexity index is 1090. The van der Waals surface area contributed by atoms with Gasteiger partial charge in [-0.3, -0.25) is 4.90 Å². The van der Waals surface area contributed by atoms with Crippen LogP contribution in [0.15, 0.2) is 24.3 Å². The van der Waals surface area contributed by atoms with E-state index in [2.05, 4.69) is 24.8 Å². The summed E-state index contributed by atoms with van der Waals surface area (Å²) in [4.78, 5) is 19.1. The third kappa shape index (κ3) is 4.72. The number of halogens is 3. The minimum absolute atomic E-state index is 0.0157. The number of imidazole rings is 1. The number of aliphatic hydroxyl groups excluding tert-OH is 1. The Morgan fingerprint density at radius 3 is 2.52 bits per heavy atom. The van der Waals surface area contributed by atoms with Crippen molar-refractivity contribution in [3.05, 3.63) is 52.7 Å². The maximum atomic E-state index is 13.5. The highest BCUT2D eigenvalue weighted by Crippen LogP contribution is 2.33. The molecule has 3 aromatic rings. The topological polar surface area (TPSA) is 77.9 Å². The van der Waals surface area contributed by atoms with Crippen LogP contribution in [0.1, 0.15) is 55.7 Å². The average Bonchev–Trinajstić information content (AvgIpc) is 3.26. The summed E-state index contributed by atoms with van der Waals surface area (Å²) < 4.78 is 40.6. The zero-order valence-corrected chi connectivity index (χ0v) is 17.8. The molecule has 1 aromatic carbocycles. The number of aromatic amines is 1. The van der Waals surface area contributed by atoms with Crippen molar-refractivity contribution in [1.29, 1.82) is 0 Å². The van der Waals surface area contributed by atoms with Crippen LogP contribution in [0.25, 0.3) is 11.2 Å². The molecule has 1 aliphatic rings. The molecular formula is C22H26F3N5O. The van der Waals surface area contributed by atoms with Crippen LogP contribution in [0.4, 0.5) is 13.2 Å². The molecule has 0 saturated carbocycles. The normalized spacial score (nSPS) is 18.2. The number of rotatable bonds is 4. The second kappa shape index (κ2) is 7.87. The molecule has 1 unspecified atom stereocenters. The number of aromatic nitrogens is 4. The van der Waals surface area contributed by atoms with Crippen molar-refractivity contribution in [2.24, 2.45) is 0 Å². The lowest BCUT2D eigenvalue weighted by Gasteiger charge is -2.18. The van der Waals surface area contributed by atoms with Crippen LogP contribution in [-0.2, 0) is 24.6 Å². The van der Waals surface area contributed by atoms with Crippen molar-refractivity contribution >= 4 is 11.2 Å². The molecular weight excluding hydrogens is 407 g/mol. The number of fused-ring (bicyclic) bond motifs is 1. The molecule has 0 aliphatic carbocycles. The molecule has 166 valence electrons. The van der Waals surface area contributed by atoms with Crippen LogP contribution < -0.4 is 0 Å². The highest BCUT2D eigenvalue weighted by molar-refractivity contribution is 5.74. The number of likely N-dealkylation sites (tertiary alicyclic amines) is 1. The Morgan fingerprint density at radius 1 is 1.13 bits per heavy atom. The van der Waals surface area contributed by atoms with Crippen molar-refractivity contribution in [3.8, 4) is 0 Å². The molecule has 0 amide bonds. The van der Waals surface area contributed by atoms with E-state index in [1.807, 2.05) is 20.8 Å². The standard InChI is InChI=1S/C22H26F3N5O/c1-21(2,3)20-26-16(10-13-6-4-5-7-15(13)22(23,24)25)18-19(29-20)28-17(27-18)12-30-9-8-14(31)11-30/h4-7,14,31H,8-12H2,1-3H3,(H,26,27,28,29). The largest absolute Gasteiger partial charge is 0.416 e. The van der Waals surface area contributed by atoms with E-state index in [9.17, 15) is 18.3 Å². The van der Waals surface area contributed by atoms with E-state index in [0.29, 0.717) is 48.0 Å². The number of hydrogen-bond donors (Lipinski definition) is 2. The van der Waals surface area contributed by atoms with Gasteiger partial charge in [0.1, 0.15) is 17.2 Å². The van der Waals surface area contributed by atoms with Gasteiger partial charge >= 0.3 is 6.18 Å². The minimum Gasteiger partial charge on any atom is -0.392 e. The number of β-amino-alcohol motifs (C(OH)–C–C–N with tert-alkyl or cyclic N) is 1. The Kier molecular flexibility index (Phi) is 5.51. The number of benzene rings is 1. The molecule has 2 N–H and O–H groups in total. The number of alkyl halides is 3. The van der Waals surface area contributed by atoms with Gasteiger partial charge in [0.2, 0.25) is 0 Å². The lowest BCUT2D eigenvalue weighted by Crippen LogP contribution is -2.22. The SMILES string of the molecule is CC(C)(C)c1nc(Cc2ccccc2C(F)(F)F)c2[nH]c(CN3CCC(O)C3)nc2n1. The Balaban J connectivity index is 1.76. The summed E-state index contributed by atoms with van der Waals surface area (Å²) in [7, 11) is 0. The minimum atomic E-state index is -4.44. The summed E-state index contributed by atoms with van der Waals surface area (Å²) in [5.74, 6) is 1.20. The molecule has 2 aromatic heterocycles. The van der Waals surface area contributed by atoms with Gasteiger partial charge < -0.3 is 10.1 Å². The van der Waals surface area contributed by atoms with E-state index in [1.54, 1.807) is 6.07 Å². The van der Waals surface area contributed by atoms with Gasteiger partial charge in [-0.15, -0.1) is 0 Å². The molecule has 9 heteroatoms. The Labute approximate surface area is 178 Å². The number of nitrogens with one attached hydrogen (secondary N) is 1. The molecule has 1 aliphatic heterocycles. The summed E-state index contributed by atoms with van der Waals surface area (Å²) in [5, 5.41) is 9.76. The first-order chi connectivity index (χ1) is 14.5. The van der Waals surface area contributed by atoms with E-state index < -0.39 is 11.7 Å². The number of hydrogen-bond acceptors (Lipinski definition) is 5. The Morgan fingerprint density at radius 2 is 1.87 bits per heavy atom. The van der Waals surface area contributed by atoms with Crippen molar-refractivity contribution in [2.75, 3.05) is 13.1 Å². The lowest BCUT2D eigenvalue weighted by molar-refractivity contribution is -0.138. The summed E-state index contributed by atoms with van der Waals surface area (Å²) in [6.07, 6.45) is -4.05. The van der Waals surface area contributed by atoms with Gasteiger partial charge in [0.15, 0.2) is 5.65 Å². The third-order valence-corrected chi connectivity index (χ3v) is 5.45. The molecule has 6 nitrogen and oxygen atoms in total. The molecule has 1 fully saturated rings. The second-order valence-electron chi connectivity index (χ2n) is 9.14. The van der Waals surface area contributed by atoms with Crippen molar-refractivity contribution in [2.45, 2.75) is 57.9 Å². The number of H-pyrrole nitrogens is 1. The molecule has 0 bridgehead atoms. The van der Waals surface area contributed by atoms with Crippen molar-refractivity contribution in [1.82, 2.24) is 24.8 Å². The summed E-state index contributed by atoms with van der Waals surface area (Å²) >= 11 is 0. The van der Waals surface area contributed by atoms with Crippen LogP contribution in [0.2, 0.25) is 0 Å². The first-order valence-corrected chi connectivity index (χ1v) is 10.3. The predicted molar refractivity (Wildman–Crippen MR) is 111 cm³/mol. The van der Waals surface area contributed by atoms with Gasteiger partial charge in [-0.2, -0.15) is 13.2 Å². The van der Waals surface area contributed by atoms with E-state index in [4.69, 9.17) is 0 Å². The van der Waals surface area contributed by atoms with Gasteiger partial charge in [-0.1, -0.05) is 39.0 Å². The molecule has 1 atom stereocenters. The summed E-state index contributed by atoms with van der Waals surface area (Å²) in [5.41, 5.74) is 0.615. The van der Waals surface area contributed by atoms with Crippen molar-refractivity contribution in [3.63, 3.8) is 0 Å². The molecule has 0 spiro atoms. The summed E-state index contributed by atoms with van der Waals surface area (Å²) in [6, 6.07) is 5.57. The molecule has 4 rings (SSSR count). The van der Waals surface area contributed by atoms with E-state index >= 15 is 0 Å². The van der Waals surface area contributed by atoms with Crippen LogP contribution in [0.3, 0.4) is 0 Å². The average molecular weight is 433 g/mol. The third-order valence-electron chi connectivity index (χ3n) is 5.45. The van der Waals surface area contributed by atoms with Crippen LogP contribution in [-0.4, -0.2) is 49.1 Å². The maximum Gasteiger partial charge on any atom is 0.416 e. The van der Waals surface area contributed by atoms with Crippen LogP contribution in [0, 0.1) is 0 Å². The van der Waals surface area contributed by atoms with Gasteiger partial charge in [-0.05, 0) is 18.1 Å². The zero-order chi connectivity index (χ0) is 22.4. The fourth-order valence-corrected chi connectivity index (χ4v) is 3.84. The second-order valence-corrected chi connectivity index (χ2v) is 9.14. The van der Waals surface area contributed by atoms with Crippen LogP contribution >= 0.6 is 0 Å². The molecule has 0 radical (unpaired) electrons. The summed E-state index contributed by atoms with van der Waals surface area (Å²) in [6.45, 7) is 7.73. The first-order valence-electron chi connectivity index (χ1n) is 10.3. The predicted octanol–water partition coefficient (Wildman–Crippen LogP) is 3.83. The molecule has 1 saturated heterocycles. The highest BCUT2D eigenvalue weighted by Gasteiger charge is 2.33. The molecule has 31 heavy (non-hydrogen) atoms. The van der Waals surface area contributed by atoms with Crippen molar-refractivity contribution < 1.29 is 18.3 Å². The highest BCUT2D eigenvalue weighted by atomic mass is 19.4. The van der Waals surface area contributed by atoms with Gasteiger partial charge in [0.05, 0.1) is 23.9 Å². The van der Waals surface area contributed by atoms with Gasteiger partial charge in [-0.25, -0.2) is 15.0 Å². The number of aliphatic hydroxyl groups is 1. The maximum absolute atomic E-state index is 13.5. The lowest BCUT2D eigenvalue weighted by atomic mass is 9.95. The zero-order valence-electron chi connectivity index (χ0n) is 17.8. The number of nitrogens with zero attached hydrogens (tertiary/aromatic N) is 4. The quantitative estimate of drug-likeness (QED) is 0.654.